The molecule has 1 N–H and O–H groups in total. The molecule has 2 bridgehead atoms. The number of aryl methyl sites for hydroxylation is 1. The van der Waals surface area contributed by atoms with Gasteiger partial charge in [0.05, 0.1) is 4.92 Å². The van der Waals surface area contributed by atoms with E-state index in [1.54, 1.807) is 13.0 Å². The van der Waals surface area contributed by atoms with Gasteiger partial charge in [-0.1, -0.05) is 12.5 Å². The number of fused-ring (bicyclic) bond motifs is 2. The lowest BCUT2D eigenvalue weighted by molar-refractivity contribution is -0.387. The highest BCUT2D eigenvalue weighted by atomic mass is 32.2. The minimum atomic E-state index is -3.90. The Hall–Kier alpha value is -1.47. The summed E-state index contributed by atoms with van der Waals surface area (Å²) in [6, 6.07) is 4.01. The van der Waals surface area contributed by atoms with Crippen LogP contribution in [0.15, 0.2) is 23.1 Å². The van der Waals surface area contributed by atoms with Crippen LogP contribution in [-0.4, -0.2) is 19.4 Å². The summed E-state index contributed by atoms with van der Waals surface area (Å²) < 4.78 is 27.9. The molecule has 0 aliphatic heterocycles. The van der Waals surface area contributed by atoms with E-state index in [9.17, 15) is 18.5 Å². The van der Waals surface area contributed by atoms with Crippen LogP contribution in [-0.2, 0) is 10.0 Å². The van der Waals surface area contributed by atoms with E-state index in [0.717, 1.165) is 12.3 Å². The van der Waals surface area contributed by atoms with Crippen LogP contribution in [0.5, 0.6) is 0 Å². The fourth-order valence-corrected chi connectivity index (χ4v) is 5.75. The number of nitro benzene ring substituents is 1. The van der Waals surface area contributed by atoms with Crippen LogP contribution in [0.2, 0.25) is 0 Å². The summed E-state index contributed by atoms with van der Waals surface area (Å²) in [5, 5.41) is 11.2. The normalized spacial score (nSPS) is 28.0. The first-order valence-corrected chi connectivity index (χ1v) is 9.53. The number of nitro groups is 1. The van der Waals surface area contributed by atoms with Gasteiger partial charge < -0.3 is 0 Å². The molecule has 0 saturated heterocycles. The van der Waals surface area contributed by atoms with Crippen LogP contribution in [0.25, 0.3) is 0 Å². The lowest BCUT2D eigenvalue weighted by atomic mass is 9.84. The Kier molecular flexibility index (Phi) is 4.18. The summed E-state index contributed by atoms with van der Waals surface area (Å²) in [7, 11) is -3.90. The number of rotatable bonds is 5. The van der Waals surface area contributed by atoms with E-state index in [0.29, 0.717) is 17.4 Å². The molecule has 0 amide bonds. The highest BCUT2D eigenvalue weighted by molar-refractivity contribution is 7.89. The van der Waals surface area contributed by atoms with Crippen molar-refractivity contribution < 1.29 is 13.3 Å². The second-order valence-corrected chi connectivity index (χ2v) is 8.66. The van der Waals surface area contributed by atoms with E-state index in [4.69, 9.17) is 0 Å². The monoisotopic (exact) mass is 338 g/mol. The quantitative estimate of drug-likeness (QED) is 0.660. The molecule has 4 atom stereocenters. The van der Waals surface area contributed by atoms with Crippen LogP contribution >= 0.6 is 0 Å². The molecule has 1 aromatic rings. The Morgan fingerprint density at radius 3 is 2.61 bits per heavy atom. The van der Waals surface area contributed by atoms with Gasteiger partial charge in [0.1, 0.15) is 0 Å². The Morgan fingerprint density at radius 2 is 2.04 bits per heavy atom. The average molecular weight is 338 g/mol. The summed E-state index contributed by atoms with van der Waals surface area (Å²) in [4.78, 5) is 10.3. The molecule has 7 heteroatoms. The van der Waals surface area contributed by atoms with Gasteiger partial charge in [0.2, 0.25) is 10.0 Å². The zero-order chi connectivity index (χ0) is 16.8. The van der Waals surface area contributed by atoms with Gasteiger partial charge in [-0.3, -0.25) is 10.1 Å². The molecule has 2 fully saturated rings. The Labute approximate surface area is 136 Å². The molecular weight excluding hydrogens is 316 g/mol. The lowest BCUT2D eigenvalue weighted by Crippen LogP contribution is -2.40. The van der Waals surface area contributed by atoms with E-state index < -0.39 is 14.9 Å². The summed E-state index contributed by atoms with van der Waals surface area (Å²) >= 11 is 0. The minimum Gasteiger partial charge on any atom is -0.258 e. The zero-order valence-electron chi connectivity index (χ0n) is 13.4. The standard InChI is InChI=1S/C16H22N2O4S/c1-10-3-6-16(15(7-10)18(19)20)23(21,22)17-11(2)14-9-12-4-5-13(14)8-12/h3,6-7,11-14,17H,4-5,8-9H2,1-2H3. The number of sulfonamides is 1. The number of nitrogens with one attached hydrogen (secondary N) is 1. The molecule has 0 aromatic heterocycles. The Bertz CT molecular complexity index is 732. The van der Waals surface area contributed by atoms with E-state index in [1.807, 2.05) is 6.92 Å². The first kappa shape index (κ1) is 16.4. The van der Waals surface area contributed by atoms with Crippen molar-refractivity contribution in [1.82, 2.24) is 4.72 Å². The predicted molar refractivity (Wildman–Crippen MR) is 86.6 cm³/mol. The highest BCUT2D eigenvalue weighted by Crippen LogP contribution is 2.49. The highest BCUT2D eigenvalue weighted by Gasteiger charge is 2.43. The third kappa shape index (κ3) is 3.12. The molecule has 3 rings (SSSR count). The smallest absolute Gasteiger partial charge is 0.258 e. The van der Waals surface area contributed by atoms with Crippen LogP contribution < -0.4 is 4.72 Å². The fraction of sp³-hybridized carbons (Fsp3) is 0.625. The van der Waals surface area contributed by atoms with Crippen molar-refractivity contribution in [2.24, 2.45) is 17.8 Å². The van der Waals surface area contributed by atoms with Crippen molar-refractivity contribution in [3.8, 4) is 0 Å². The molecule has 126 valence electrons. The van der Waals surface area contributed by atoms with E-state index in [2.05, 4.69) is 4.72 Å². The third-order valence-electron chi connectivity index (χ3n) is 5.38. The maximum absolute atomic E-state index is 12.6. The van der Waals surface area contributed by atoms with E-state index in [-0.39, 0.29) is 16.6 Å². The predicted octanol–water partition coefficient (Wildman–Crippen LogP) is 3.01. The lowest BCUT2D eigenvalue weighted by Gasteiger charge is -2.28. The number of nitrogens with zero attached hydrogens (tertiary/aromatic N) is 1. The SMILES string of the molecule is Cc1ccc(S(=O)(=O)NC(C)C2CC3CCC2C3)c([N+](=O)[O-])c1. The maximum atomic E-state index is 12.6. The van der Waals surface area contributed by atoms with Crippen LogP contribution in [0.3, 0.4) is 0 Å². The largest absolute Gasteiger partial charge is 0.289 e. The second-order valence-electron chi connectivity index (χ2n) is 6.98. The van der Waals surface area contributed by atoms with Crippen molar-refractivity contribution in [3.63, 3.8) is 0 Å². The van der Waals surface area contributed by atoms with E-state index in [1.165, 1.54) is 31.4 Å². The summed E-state index contributed by atoms with van der Waals surface area (Å²) in [6.07, 6.45) is 4.68. The zero-order valence-corrected chi connectivity index (χ0v) is 14.2. The van der Waals surface area contributed by atoms with Gasteiger partial charge >= 0.3 is 0 Å². The van der Waals surface area contributed by atoms with Gasteiger partial charge in [-0.2, -0.15) is 0 Å². The molecular formula is C16H22N2O4S. The van der Waals surface area contributed by atoms with Gasteiger partial charge in [0.25, 0.3) is 5.69 Å². The van der Waals surface area contributed by atoms with Crippen LogP contribution in [0, 0.1) is 34.8 Å². The molecule has 2 aliphatic rings. The van der Waals surface area contributed by atoms with Crippen LogP contribution in [0.1, 0.15) is 38.2 Å². The minimum absolute atomic E-state index is 0.198. The molecule has 0 heterocycles. The Morgan fingerprint density at radius 1 is 1.30 bits per heavy atom. The molecule has 0 spiro atoms. The van der Waals surface area contributed by atoms with Crippen molar-refractivity contribution in [3.05, 3.63) is 33.9 Å². The summed E-state index contributed by atoms with van der Waals surface area (Å²) in [6.45, 7) is 3.58. The van der Waals surface area contributed by atoms with Crippen molar-refractivity contribution in [2.45, 2.75) is 50.5 Å². The van der Waals surface area contributed by atoms with Crippen LogP contribution in [0.4, 0.5) is 5.69 Å². The molecule has 2 aliphatic carbocycles. The number of benzene rings is 1. The third-order valence-corrected chi connectivity index (χ3v) is 6.98. The second kappa shape index (κ2) is 5.87. The maximum Gasteiger partial charge on any atom is 0.289 e. The molecule has 1 aromatic carbocycles. The first-order chi connectivity index (χ1) is 10.8. The van der Waals surface area contributed by atoms with E-state index >= 15 is 0 Å². The number of hydrogen-bond acceptors (Lipinski definition) is 4. The Balaban J connectivity index is 1.83. The van der Waals surface area contributed by atoms with Crippen molar-refractivity contribution in [2.75, 3.05) is 0 Å². The topological polar surface area (TPSA) is 89.3 Å². The first-order valence-electron chi connectivity index (χ1n) is 8.05. The summed E-state index contributed by atoms with van der Waals surface area (Å²) in [5.74, 6) is 1.66. The molecule has 23 heavy (non-hydrogen) atoms. The molecule has 2 saturated carbocycles. The summed E-state index contributed by atoms with van der Waals surface area (Å²) in [5.41, 5.74) is 0.300. The van der Waals surface area contributed by atoms with Gasteiger partial charge in [0, 0.05) is 12.1 Å². The molecule has 6 nitrogen and oxygen atoms in total. The van der Waals surface area contributed by atoms with Gasteiger partial charge in [-0.15, -0.1) is 0 Å². The average Bonchev–Trinajstić information content (AvgIpc) is 3.09. The van der Waals surface area contributed by atoms with Crippen molar-refractivity contribution >= 4 is 15.7 Å². The molecule has 4 unspecified atom stereocenters. The van der Waals surface area contributed by atoms with Gasteiger partial charge in [0.15, 0.2) is 4.90 Å². The fourth-order valence-electron chi connectivity index (χ4n) is 4.30. The van der Waals surface area contributed by atoms with Gasteiger partial charge in [-0.05, 0) is 62.5 Å². The molecule has 0 radical (unpaired) electrons. The number of hydrogen-bond donors (Lipinski definition) is 1. The van der Waals surface area contributed by atoms with Crippen molar-refractivity contribution in [1.29, 1.82) is 0 Å². The van der Waals surface area contributed by atoms with Gasteiger partial charge in [-0.25, -0.2) is 13.1 Å².